The largest absolute Gasteiger partial charge is 0.480 e. The van der Waals surface area contributed by atoms with Crippen LogP contribution in [0.2, 0.25) is 0 Å². The summed E-state index contributed by atoms with van der Waals surface area (Å²) in [4.78, 5) is 10.1. The lowest BCUT2D eigenvalue weighted by atomic mass is 10.1. The van der Waals surface area contributed by atoms with Gasteiger partial charge in [-0.05, 0) is 13.3 Å². The van der Waals surface area contributed by atoms with E-state index in [1.807, 2.05) is 0 Å². The first-order chi connectivity index (χ1) is 4.04. The number of carbonyl (C=O) groups is 1. The van der Waals surface area contributed by atoms with Crippen LogP contribution in [0.25, 0.3) is 0 Å². The zero-order chi connectivity index (χ0) is 7.44. The molecule has 5 N–H and O–H groups in total. The van der Waals surface area contributed by atoms with Crippen LogP contribution in [0.1, 0.15) is 13.3 Å². The Morgan fingerprint density at radius 1 is 1.67 bits per heavy atom. The van der Waals surface area contributed by atoms with E-state index >= 15 is 0 Å². The zero-order valence-electron chi connectivity index (χ0n) is 5.37. The van der Waals surface area contributed by atoms with E-state index in [1.54, 1.807) is 6.92 Å². The third-order valence-corrected chi connectivity index (χ3v) is 0.943. The molecule has 0 aromatic carbocycles. The van der Waals surface area contributed by atoms with E-state index in [1.165, 1.54) is 0 Å². The van der Waals surface area contributed by atoms with Crippen LogP contribution >= 0.6 is 0 Å². The van der Waals surface area contributed by atoms with Gasteiger partial charge < -0.3 is 16.6 Å². The molecule has 0 aromatic heterocycles. The van der Waals surface area contributed by atoms with E-state index in [0.29, 0.717) is 6.42 Å². The lowest BCUT2D eigenvalue weighted by Crippen LogP contribution is -2.35. The van der Waals surface area contributed by atoms with Crippen molar-refractivity contribution in [2.45, 2.75) is 25.4 Å². The third kappa shape index (κ3) is 3.93. The fourth-order valence-corrected chi connectivity index (χ4v) is 0.501. The molecular weight excluding hydrogens is 120 g/mol. The van der Waals surface area contributed by atoms with Gasteiger partial charge in [0.05, 0.1) is 0 Å². The monoisotopic (exact) mass is 132 g/mol. The van der Waals surface area contributed by atoms with Gasteiger partial charge in [-0.3, -0.25) is 4.79 Å². The van der Waals surface area contributed by atoms with Crippen molar-refractivity contribution in [3.63, 3.8) is 0 Å². The van der Waals surface area contributed by atoms with Gasteiger partial charge in [0.15, 0.2) is 0 Å². The molecule has 54 valence electrons. The molecule has 0 heterocycles. The van der Waals surface area contributed by atoms with Gasteiger partial charge in [-0.15, -0.1) is 0 Å². The number of hydrogen-bond donors (Lipinski definition) is 3. The van der Waals surface area contributed by atoms with E-state index in [4.69, 9.17) is 16.6 Å². The minimum atomic E-state index is -0.993. The second kappa shape index (κ2) is 3.42. The molecule has 4 heteroatoms. The summed E-state index contributed by atoms with van der Waals surface area (Å²) in [7, 11) is 0. The van der Waals surface area contributed by atoms with Gasteiger partial charge in [0, 0.05) is 6.04 Å². The number of carboxylic acids is 1. The van der Waals surface area contributed by atoms with Gasteiger partial charge in [-0.25, -0.2) is 0 Å². The van der Waals surface area contributed by atoms with Crippen LogP contribution in [0.5, 0.6) is 0 Å². The topological polar surface area (TPSA) is 89.3 Å². The highest BCUT2D eigenvalue weighted by Gasteiger charge is 2.12. The van der Waals surface area contributed by atoms with Crippen molar-refractivity contribution in [3.8, 4) is 0 Å². The molecule has 0 fully saturated rings. The van der Waals surface area contributed by atoms with Gasteiger partial charge in [0.1, 0.15) is 6.04 Å². The van der Waals surface area contributed by atoms with E-state index in [2.05, 4.69) is 0 Å². The van der Waals surface area contributed by atoms with Gasteiger partial charge >= 0.3 is 5.97 Å². The number of nitrogens with two attached hydrogens (primary N) is 2. The molecule has 0 rings (SSSR count). The van der Waals surface area contributed by atoms with Crippen molar-refractivity contribution in [1.82, 2.24) is 0 Å². The normalized spacial score (nSPS) is 16.8. The number of carboxylic acid groups (broad SMARTS) is 1. The maximum absolute atomic E-state index is 10.1. The van der Waals surface area contributed by atoms with E-state index in [-0.39, 0.29) is 6.04 Å². The van der Waals surface area contributed by atoms with Crippen LogP contribution < -0.4 is 11.5 Å². The smallest absolute Gasteiger partial charge is 0.320 e. The summed E-state index contributed by atoms with van der Waals surface area (Å²) < 4.78 is 0. The molecule has 9 heavy (non-hydrogen) atoms. The summed E-state index contributed by atoms with van der Waals surface area (Å²) in [5, 5.41) is 8.25. The molecule has 0 aromatic rings. The fraction of sp³-hybridized carbons (Fsp3) is 0.800. The Kier molecular flexibility index (Phi) is 3.19. The van der Waals surface area contributed by atoms with Crippen LogP contribution in [0.4, 0.5) is 0 Å². The van der Waals surface area contributed by atoms with Crippen LogP contribution in [0, 0.1) is 0 Å². The summed E-state index contributed by atoms with van der Waals surface area (Å²) in [6, 6.07) is -0.957. The van der Waals surface area contributed by atoms with Crippen molar-refractivity contribution in [3.05, 3.63) is 0 Å². The highest BCUT2D eigenvalue weighted by atomic mass is 16.4. The van der Waals surface area contributed by atoms with Crippen LogP contribution in [-0.2, 0) is 4.79 Å². The molecule has 0 aliphatic heterocycles. The highest BCUT2D eigenvalue weighted by molar-refractivity contribution is 5.73. The lowest BCUT2D eigenvalue weighted by Gasteiger charge is -2.07. The molecule has 0 spiro atoms. The molecular formula is C5H12N2O2. The molecule has 0 saturated heterocycles. The van der Waals surface area contributed by atoms with Gasteiger partial charge in [-0.2, -0.15) is 0 Å². The van der Waals surface area contributed by atoms with Crippen LogP contribution in [-0.4, -0.2) is 23.2 Å². The Morgan fingerprint density at radius 3 is 2.22 bits per heavy atom. The minimum absolute atomic E-state index is 0.143. The zero-order valence-corrected chi connectivity index (χ0v) is 5.37. The summed E-state index contributed by atoms with van der Waals surface area (Å²) >= 11 is 0. The molecule has 4 nitrogen and oxygen atoms in total. The first-order valence-corrected chi connectivity index (χ1v) is 2.78. The maximum Gasteiger partial charge on any atom is 0.320 e. The van der Waals surface area contributed by atoms with Crippen LogP contribution in [0.3, 0.4) is 0 Å². The Labute approximate surface area is 53.8 Å². The van der Waals surface area contributed by atoms with E-state index in [0.717, 1.165) is 0 Å². The Hall–Kier alpha value is -0.610. The minimum Gasteiger partial charge on any atom is -0.480 e. The van der Waals surface area contributed by atoms with E-state index in [9.17, 15) is 4.79 Å². The van der Waals surface area contributed by atoms with Crippen molar-refractivity contribution in [2.75, 3.05) is 0 Å². The standard InChI is InChI=1S/C5H12N2O2/c1-3(6)2-4(7)5(8)9/h3-4H,2,6-7H2,1H3,(H,8,9)/t3-,4-/m0/s1. The summed E-state index contributed by atoms with van der Waals surface area (Å²) in [6.07, 6.45) is 0.329. The molecule has 0 unspecified atom stereocenters. The van der Waals surface area contributed by atoms with Gasteiger partial charge in [0.25, 0.3) is 0 Å². The fourth-order valence-electron chi connectivity index (χ4n) is 0.501. The predicted octanol–water partition coefficient (Wildman–Crippen LogP) is -0.864. The molecule has 0 saturated carbocycles. The molecule has 0 radical (unpaired) electrons. The summed E-state index contributed by atoms with van der Waals surface area (Å²) in [5.41, 5.74) is 10.4. The Bertz CT molecular complexity index is 103. The van der Waals surface area contributed by atoms with Crippen molar-refractivity contribution in [2.24, 2.45) is 11.5 Å². The second-order valence-electron chi connectivity index (χ2n) is 2.16. The molecule has 2 atom stereocenters. The Balaban J connectivity index is 3.50. The quantitative estimate of drug-likeness (QED) is 0.466. The summed E-state index contributed by atoms with van der Waals surface area (Å²) in [6.45, 7) is 1.72. The Morgan fingerprint density at radius 2 is 2.11 bits per heavy atom. The first kappa shape index (κ1) is 8.39. The molecule has 0 aliphatic rings. The number of aliphatic carboxylic acids is 1. The molecule has 0 amide bonds. The van der Waals surface area contributed by atoms with Crippen molar-refractivity contribution >= 4 is 5.97 Å². The molecule has 0 aliphatic carbocycles. The van der Waals surface area contributed by atoms with Gasteiger partial charge in [-0.1, -0.05) is 0 Å². The summed E-state index contributed by atoms with van der Waals surface area (Å²) in [5.74, 6) is -0.993. The van der Waals surface area contributed by atoms with Crippen molar-refractivity contribution < 1.29 is 9.90 Å². The predicted molar refractivity (Wildman–Crippen MR) is 33.9 cm³/mol. The maximum atomic E-state index is 10.1. The number of hydrogen-bond acceptors (Lipinski definition) is 3. The third-order valence-electron chi connectivity index (χ3n) is 0.943. The average Bonchev–Trinajstić information content (AvgIpc) is 1.63. The van der Waals surface area contributed by atoms with Gasteiger partial charge in [0.2, 0.25) is 0 Å². The van der Waals surface area contributed by atoms with Crippen LogP contribution in [0.15, 0.2) is 0 Å². The highest BCUT2D eigenvalue weighted by Crippen LogP contribution is 1.90. The van der Waals surface area contributed by atoms with E-state index < -0.39 is 12.0 Å². The lowest BCUT2D eigenvalue weighted by molar-refractivity contribution is -0.138. The SMILES string of the molecule is C[C@H](N)C[C@H](N)C(=O)O. The second-order valence-corrected chi connectivity index (χ2v) is 2.16. The number of rotatable bonds is 3. The first-order valence-electron chi connectivity index (χ1n) is 2.78. The van der Waals surface area contributed by atoms with Crippen molar-refractivity contribution in [1.29, 1.82) is 0 Å². The molecule has 0 bridgehead atoms. The average molecular weight is 132 g/mol.